The molecule has 2 aromatic carbocycles. The molecule has 3 rings (SSSR count). The van der Waals surface area contributed by atoms with Gasteiger partial charge in [-0.25, -0.2) is 0 Å². The van der Waals surface area contributed by atoms with Gasteiger partial charge >= 0.3 is 0 Å². The zero-order chi connectivity index (χ0) is 18.7. The van der Waals surface area contributed by atoms with Crippen LogP contribution in [0.5, 0.6) is 0 Å². The number of hydrogen-bond donors (Lipinski definition) is 1. The van der Waals surface area contributed by atoms with Crippen LogP contribution in [0.4, 0.5) is 5.69 Å². The zero-order valence-corrected chi connectivity index (χ0v) is 15.3. The second-order valence-electron chi connectivity index (χ2n) is 6.01. The quantitative estimate of drug-likeness (QED) is 0.725. The minimum absolute atomic E-state index is 0.0747. The van der Waals surface area contributed by atoms with Crippen molar-refractivity contribution >= 4 is 40.1 Å². The maximum Gasteiger partial charge on any atom is 0.289 e. The lowest BCUT2D eigenvalue weighted by Crippen LogP contribution is -2.34. The fourth-order valence-electron chi connectivity index (χ4n) is 2.74. The summed E-state index contributed by atoms with van der Waals surface area (Å²) in [5.41, 5.74) is 2.38. The number of carbonyl (C=O) groups is 2. The van der Waals surface area contributed by atoms with Gasteiger partial charge in [-0.3, -0.25) is 9.59 Å². The van der Waals surface area contributed by atoms with Crippen LogP contribution in [0.15, 0.2) is 52.9 Å². The number of benzene rings is 2. The lowest BCUT2D eigenvalue weighted by Gasteiger charge is -2.16. The summed E-state index contributed by atoms with van der Waals surface area (Å²) in [6, 6.07) is 14.4. The number of nitrogens with one attached hydrogen (secondary N) is 1. The number of likely N-dealkylation sites (N-methyl/N-ethyl adjacent to an activating group) is 1. The van der Waals surface area contributed by atoms with Crippen LogP contribution in [0.2, 0.25) is 5.02 Å². The van der Waals surface area contributed by atoms with Crippen LogP contribution >= 0.6 is 11.6 Å². The summed E-state index contributed by atoms with van der Waals surface area (Å²) in [6.45, 7) is 1.95. The van der Waals surface area contributed by atoms with Crippen molar-refractivity contribution in [1.82, 2.24) is 4.90 Å². The first-order valence-corrected chi connectivity index (χ1v) is 8.68. The van der Waals surface area contributed by atoms with E-state index in [0.29, 0.717) is 10.6 Å². The minimum atomic E-state index is -0.365. The summed E-state index contributed by atoms with van der Waals surface area (Å²) in [7, 11) is 1.56. The number of carbonyl (C=O) groups excluding carboxylic acids is 2. The third kappa shape index (κ3) is 3.89. The second-order valence-corrected chi connectivity index (χ2v) is 6.45. The summed E-state index contributed by atoms with van der Waals surface area (Å²) >= 11 is 5.95. The van der Waals surface area contributed by atoms with Crippen LogP contribution in [-0.2, 0) is 11.2 Å². The van der Waals surface area contributed by atoms with E-state index in [-0.39, 0.29) is 24.1 Å². The molecule has 0 aliphatic rings. The molecule has 0 unspecified atom stereocenters. The molecule has 2 amide bonds. The smallest absolute Gasteiger partial charge is 0.289 e. The van der Waals surface area contributed by atoms with Gasteiger partial charge in [0.1, 0.15) is 5.58 Å². The first-order chi connectivity index (χ1) is 12.5. The lowest BCUT2D eigenvalue weighted by molar-refractivity contribution is -0.116. The van der Waals surface area contributed by atoms with Crippen molar-refractivity contribution in [2.75, 3.05) is 18.9 Å². The summed E-state index contributed by atoms with van der Waals surface area (Å²) in [5, 5.41) is 4.17. The van der Waals surface area contributed by atoms with Crippen molar-refractivity contribution in [3.05, 3.63) is 64.9 Å². The standard InChI is InChI=1S/C20H19ClN2O3/c1-3-13-6-4-5-7-16(13)22-19(24)12-23(2)20(25)18-11-14-10-15(21)8-9-17(14)26-18/h4-11H,3,12H2,1-2H3,(H,22,24). The van der Waals surface area contributed by atoms with E-state index in [4.69, 9.17) is 16.0 Å². The van der Waals surface area contributed by atoms with E-state index in [0.717, 1.165) is 23.1 Å². The van der Waals surface area contributed by atoms with Gasteiger partial charge in [0.2, 0.25) is 5.91 Å². The zero-order valence-electron chi connectivity index (χ0n) is 14.6. The van der Waals surface area contributed by atoms with Crippen molar-refractivity contribution in [1.29, 1.82) is 0 Å². The molecule has 3 aromatic rings. The first kappa shape index (κ1) is 18.0. The van der Waals surface area contributed by atoms with Crippen molar-refractivity contribution in [3.63, 3.8) is 0 Å². The topological polar surface area (TPSA) is 62.6 Å². The van der Waals surface area contributed by atoms with E-state index in [1.54, 1.807) is 31.3 Å². The van der Waals surface area contributed by atoms with E-state index in [1.807, 2.05) is 31.2 Å². The predicted octanol–water partition coefficient (Wildman–Crippen LogP) is 4.36. The normalized spacial score (nSPS) is 10.7. The first-order valence-electron chi connectivity index (χ1n) is 8.30. The lowest BCUT2D eigenvalue weighted by atomic mass is 10.1. The van der Waals surface area contributed by atoms with Gasteiger partial charge in [-0.1, -0.05) is 36.7 Å². The van der Waals surface area contributed by atoms with Crippen LogP contribution in [0.25, 0.3) is 11.0 Å². The Bertz CT molecular complexity index is 965. The molecule has 6 heteroatoms. The summed E-state index contributed by atoms with van der Waals surface area (Å²) in [5.74, 6) is -0.455. The third-order valence-corrected chi connectivity index (χ3v) is 4.32. The molecular weight excluding hydrogens is 352 g/mol. The molecule has 0 saturated carbocycles. The molecule has 0 saturated heterocycles. The SMILES string of the molecule is CCc1ccccc1NC(=O)CN(C)C(=O)c1cc2cc(Cl)ccc2o1. The van der Waals surface area contributed by atoms with Gasteiger partial charge in [0.05, 0.1) is 6.54 Å². The van der Waals surface area contributed by atoms with E-state index < -0.39 is 0 Å². The molecule has 1 aromatic heterocycles. The number of rotatable bonds is 5. The Morgan fingerprint density at radius 2 is 1.92 bits per heavy atom. The average Bonchev–Trinajstić information content (AvgIpc) is 3.04. The van der Waals surface area contributed by atoms with Crippen LogP contribution in [0, 0.1) is 0 Å². The Morgan fingerprint density at radius 1 is 1.15 bits per heavy atom. The highest BCUT2D eigenvalue weighted by Crippen LogP contribution is 2.23. The number of furan rings is 1. The fourth-order valence-corrected chi connectivity index (χ4v) is 2.92. The number of para-hydroxylation sites is 1. The molecule has 0 aliphatic heterocycles. The number of nitrogens with zero attached hydrogens (tertiary/aromatic N) is 1. The van der Waals surface area contributed by atoms with E-state index in [2.05, 4.69) is 5.32 Å². The number of amides is 2. The Kier molecular flexibility index (Phi) is 5.28. The van der Waals surface area contributed by atoms with E-state index in [1.165, 1.54) is 4.90 Å². The van der Waals surface area contributed by atoms with Gasteiger partial charge in [-0.2, -0.15) is 0 Å². The maximum absolute atomic E-state index is 12.5. The van der Waals surface area contributed by atoms with Crippen LogP contribution in [0.3, 0.4) is 0 Å². The fraction of sp³-hybridized carbons (Fsp3) is 0.200. The van der Waals surface area contributed by atoms with Gasteiger partial charge in [-0.05, 0) is 42.3 Å². The Labute approximate surface area is 156 Å². The van der Waals surface area contributed by atoms with Crippen molar-refractivity contribution in [3.8, 4) is 0 Å². The molecule has 0 bridgehead atoms. The van der Waals surface area contributed by atoms with Crippen molar-refractivity contribution in [2.24, 2.45) is 0 Å². The van der Waals surface area contributed by atoms with E-state index in [9.17, 15) is 9.59 Å². The highest BCUT2D eigenvalue weighted by atomic mass is 35.5. The molecule has 134 valence electrons. The summed E-state index contributed by atoms with van der Waals surface area (Å²) < 4.78 is 5.56. The molecular formula is C20H19ClN2O3. The summed E-state index contributed by atoms with van der Waals surface area (Å²) in [4.78, 5) is 26.1. The summed E-state index contributed by atoms with van der Waals surface area (Å²) in [6.07, 6.45) is 0.812. The van der Waals surface area contributed by atoms with Crippen LogP contribution < -0.4 is 5.32 Å². The molecule has 0 radical (unpaired) electrons. The molecule has 1 N–H and O–H groups in total. The minimum Gasteiger partial charge on any atom is -0.451 e. The Balaban J connectivity index is 1.69. The highest BCUT2D eigenvalue weighted by Gasteiger charge is 2.19. The molecule has 0 fully saturated rings. The number of halogens is 1. The third-order valence-electron chi connectivity index (χ3n) is 4.09. The Morgan fingerprint density at radius 3 is 2.69 bits per heavy atom. The largest absolute Gasteiger partial charge is 0.451 e. The van der Waals surface area contributed by atoms with Gasteiger partial charge in [0, 0.05) is 23.1 Å². The van der Waals surface area contributed by atoms with Gasteiger partial charge in [-0.15, -0.1) is 0 Å². The monoisotopic (exact) mass is 370 g/mol. The van der Waals surface area contributed by atoms with Crippen molar-refractivity contribution < 1.29 is 14.0 Å². The highest BCUT2D eigenvalue weighted by molar-refractivity contribution is 6.31. The predicted molar refractivity (Wildman–Crippen MR) is 103 cm³/mol. The number of aryl methyl sites for hydroxylation is 1. The van der Waals surface area contributed by atoms with E-state index >= 15 is 0 Å². The number of fused-ring (bicyclic) bond motifs is 1. The number of hydrogen-bond acceptors (Lipinski definition) is 3. The molecule has 26 heavy (non-hydrogen) atoms. The maximum atomic E-state index is 12.5. The number of anilines is 1. The van der Waals surface area contributed by atoms with Crippen LogP contribution in [0.1, 0.15) is 23.0 Å². The van der Waals surface area contributed by atoms with Crippen molar-refractivity contribution in [2.45, 2.75) is 13.3 Å². The van der Waals surface area contributed by atoms with Gasteiger partial charge < -0.3 is 14.6 Å². The van der Waals surface area contributed by atoms with Gasteiger partial charge in [0.15, 0.2) is 5.76 Å². The average molecular weight is 371 g/mol. The molecule has 1 heterocycles. The van der Waals surface area contributed by atoms with Gasteiger partial charge in [0.25, 0.3) is 5.91 Å². The molecule has 0 spiro atoms. The van der Waals surface area contributed by atoms with Crippen LogP contribution in [-0.4, -0.2) is 30.3 Å². The molecule has 0 atom stereocenters. The molecule has 5 nitrogen and oxygen atoms in total. The molecule has 0 aliphatic carbocycles. The second kappa shape index (κ2) is 7.62. The Hall–Kier alpha value is -2.79.